The third kappa shape index (κ3) is 25.7. The number of quaternary nitrogens is 2. The van der Waals surface area contributed by atoms with Gasteiger partial charge in [0.05, 0.1) is 48.8 Å². The zero-order chi connectivity index (χ0) is 23.6. The van der Waals surface area contributed by atoms with Gasteiger partial charge in [0, 0.05) is 31.0 Å². The number of nitrogens with one attached hydrogen (secondary N) is 2. The lowest BCUT2D eigenvalue weighted by molar-refractivity contribution is -0.870. The number of hydrogen-bond acceptors (Lipinski definition) is 4. The van der Waals surface area contributed by atoms with E-state index >= 15 is 0 Å². The molecule has 0 saturated carbocycles. The van der Waals surface area contributed by atoms with Crippen LogP contribution in [-0.4, -0.2) is 101 Å². The van der Waals surface area contributed by atoms with Gasteiger partial charge in [-0.15, -0.1) is 0 Å². The molecular formula is C23H50N4O2S2+2. The second kappa shape index (κ2) is 18.0. The average Bonchev–Trinajstić information content (AvgIpc) is 2.63. The summed E-state index contributed by atoms with van der Waals surface area (Å²) in [5.41, 5.74) is 0. The van der Waals surface area contributed by atoms with Gasteiger partial charge >= 0.3 is 0 Å². The van der Waals surface area contributed by atoms with E-state index in [1.807, 2.05) is 21.1 Å². The first-order chi connectivity index (χ1) is 14.5. The van der Waals surface area contributed by atoms with Crippen LogP contribution >= 0.6 is 21.6 Å². The number of nitrogens with zero attached hydrogens (tertiary/aromatic N) is 2. The highest BCUT2D eigenvalue weighted by atomic mass is 33.1. The number of carbonyl (C=O) groups is 2. The molecule has 0 atom stereocenters. The van der Waals surface area contributed by atoms with E-state index in [2.05, 4.69) is 31.8 Å². The van der Waals surface area contributed by atoms with Gasteiger partial charge in [0.2, 0.25) is 5.91 Å². The van der Waals surface area contributed by atoms with Gasteiger partial charge in [-0.05, 0) is 19.3 Å². The summed E-state index contributed by atoms with van der Waals surface area (Å²) in [6.45, 7) is 3.18. The third-order valence-corrected chi connectivity index (χ3v) is 7.11. The molecule has 0 spiro atoms. The van der Waals surface area contributed by atoms with Crippen LogP contribution < -0.4 is 10.6 Å². The van der Waals surface area contributed by atoms with Gasteiger partial charge in [-0.2, -0.15) is 0 Å². The monoisotopic (exact) mass is 478 g/mol. The zero-order valence-electron chi connectivity index (χ0n) is 21.1. The Morgan fingerprint density at radius 3 is 1.55 bits per heavy atom. The van der Waals surface area contributed by atoms with Crippen molar-refractivity contribution in [2.45, 2.75) is 57.8 Å². The summed E-state index contributed by atoms with van der Waals surface area (Å²) < 4.78 is 1.71. The molecule has 0 aromatic heterocycles. The second-order valence-corrected chi connectivity index (χ2v) is 13.1. The predicted octanol–water partition coefficient (Wildman–Crippen LogP) is 3.52. The summed E-state index contributed by atoms with van der Waals surface area (Å²) in [7, 11) is 16.3. The van der Waals surface area contributed by atoms with Crippen molar-refractivity contribution in [2.75, 3.05) is 80.0 Å². The van der Waals surface area contributed by atoms with Crippen LogP contribution in [0.15, 0.2) is 0 Å². The molecule has 31 heavy (non-hydrogen) atoms. The minimum Gasteiger partial charge on any atom is -0.355 e. The Morgan fingerprint density at radius 2 is 1.06 bits per heavy atom. The lowest BCUT2D eigenvalue weighted by Crippen LogP contribution is -2.44. The van der Waals surface area contributed by atoms with Crippen LogP contribution in [0, 0.1) is 0 Å². The molecule has 2 amide bonds. The Morgan fingerprint density at radius 1 is 0.613 bits per heavy atom. The highest BCUT2D eigenvalue weighted by Gasteiger charge is 2.13. The molecule has 0 rings (SSSR count). The molecule has 8 heteroatoms. The van der Waals surface area contributed by atoms with Crippen molar-refractivity contribution in [3.8, 4) is 0 Å². The summed E-state index contributed by atoms with van der Waals surface area (Å²) in [5.74, 6) is 2.06. The van der Waals surface area contributed by atoms with Crippen LogP contribution in [0.4, 0.5) is 0 Å². The molecule has 0 heterocycles. The fraction of sp³-hybridized carbons (Fsp3) is 0.913. The van der Waals surface area contributed by atoms with Crippen molar-refractivity contribution in [1.29, 1.82) is 0 Å². The summed E-state index contributed by atoms with van der Waals surface area (Å²) in [4.78, 5) is 23.6. The summed E-state index contributed by atoms with van der Waals surface area (Å²) >= 11 is 0. The highest BCUT2D eigenvalue weighted by Crippen LogP contribution is 2.19. The SMILES string of the molecule is C[N+](C)(C)CCCCCCCCCCC(=O)NCCSSCCNC(=O)C[N+](C)(C)C. The molecule has 184 valence electrons. The number of unbranched alkanes of at least 4 members (excludes halogenated alkanes) is 7. The molecule has 0 aromatic rings. The summed E-state index contributed by atoms with van der Waals surface area (Å²) in [6.07, 6.45) is 10.7. The number of carbonyl (C=O) groups excluding carboxylic acids is 2. The van der Waals surface area contributed by atoms with Crippen LogP contribution in [0.3, 0.4) is 0 Å². The Balaban J connectivity index is 3.33. The van der Waals surface area contributed by atoms with Crippen molar-refractivity contribution in [2.24, 2.45) is 0 Å². The normalized spacial score (nSPS) is 12.1. The van der Waals surface area contributed by atoms with E-state index in [0.717, 1.165) is 35.4 Å². The van der Waals surface area contributed by atoms with Gasteiger partial charge in [0.15, 0.2) is 6.54 Å². The number of hydrogen-bond donors (Lipinski definition) is 2. The first kappa shape index (κ1) is 30.6. The molecule has 0 saturated heterocycles. The van der Waals surface area contributed by atoms with Crippen molar-refractivity contribution < 1.29 is 18.6 Å². The summed E-state index contributed by atoms with van der Waals surface area (Å²) in [5, 5.41) is 5.95. The van der Waals surface area contributed by atoms with Crippen LogP contribution in [0.2, 0.25) is 0 Å². The third-order valence-electron chi connectivity index (χ3n) is 4.70. The van der Waals surface area contributed by atoms with Crippen LogP contribution in [0.25, 0.3) is 0 Å². The topological polar surface area (TPSA) is 58.2 Å². The molecular weight excluding hydrogens is 428 g/mol. The zero-order valence-corrected chi connectivity index (χ0v) is 22.8. The van der Waals surface area contributed by atoms with Gasteiger partial charge in [0.25, 0.3) is 5.91 Å². The molecule has 2 N–H and O–H groups in total. The fourth-order valence-corrected chi connectivity index (χ4v) is 4.90. The van der Waals surface area contributed by atoms with Gasteiger partial charge in [-0.25, -0.2) is 0 Å². The maximum absolute atomic E-state index is 11.9. The van der Waals surface area contributed by atoms with Crippen LogP contribution in [-0.2, 0) is 9.59 Å². The van der Waals surface area contributed by atoms with E-state index in [1.54, 1.807) is 21.6 Å². The predicted molar refractivity (Wildman–Crippen MR) is 138 cm³/mol. The lowest BCUT2D eigenvalue weighted by atomic mass is 10.1. The van der Waals surface area contributed by atoms with Crippen LogP contribution in [0.5, 0.6) is 0 Å². The van der Waals surface area contributed by atoms with E-state index in [4.69, 9.17) is 0 Å². The molecule has 0 radical (unpaired) electrons. The minimum absolute atomic E-state index is 0.0980. The molecule has 0 bridgehead atoms. The molecule has 0 aliphatic heterocycles. The maximum atomic E-state index is 11.9. The Kier molecular flexibility index (Phi) is 17.8. The van der Waals surface area contributed by atoms with Crippen molar-refractivity contribution in [3.05, 3.63) is 0 Å². The molecule has 0 aliphatic carbocycles. The molecule has 0 fully saturated rings. The Bertz CT molecular complexity index is 477. The van der Waals surface area contributed by atoms with Gasteiger partial charge in [0.1, 0.15) is 0 Å². The number of rotatable bonds is 20. The summed E-state index contributed by atoms with van der Waals surface area (Å²) in [6, 6.07) is 0. The first-order valence-corrected chi connectivity index (χ1v) is 14.4. The maximum Gasteiger partial charge on any atom is 0.275 e. The smallest absolute Gasteiger partial charge is 0.275 e. The second-order valence-electron chi connectivity index (χ2n) is 10.4. The molecule has 0 aromatic carbocycles. The first-order valence-electron chi connectivity index (χ1n) is 11.9. The van der Waals surface area contributed by atoms with E-state index in [9.17, 15) is 9.59 Å². The van der Waals surface area contributed by atoms with E-state index in [-0.39, 0.29) is 11.8 Å². The highest BCUT2D eigenvalue weighted by molar-refractivity contribution is 8.76. The fourth-order valence-electron chi connectivity index (χ4n) is 3.09. The minimum atomic E-state index is 0.0980. The van der Waals surface area contributed by atoms with Crippen molar-refractivity contribution in [1.82, 2.24) is 10.6 Å². The standard InChI is InChI=1S/C23H48N4O2S2/c1-26(2,3)18-14-12-10-8-7-9-11-13-15-22(28)24-16-19-30-31-20-17-25-23(29)21-27(4,5)6/h7-21H2,1-6H3/p+2. The lowest BCUT2D eigenvalue weighted by Gasteiger charge is -2.23. The number of amides is 2. The molecule has 0 aliphatic rings. The largest absolute Gasteiger partial charge is 0.355 e. The van der Waals surface area contributed by atoms with Crippen LogP contribution in [0.1, 0.15) is 57.8 Å². The van der Waals surface area contributed by atoms with E-state index < -0.39 is 0 Å². The average molecular weight is 479 g/mol. The molecule has 0 unspecified atom stereocenters. The van der Waals surface area contributed by atoms with Crippen molar-refractivity contribution in [3.63, 3.8) is 0 Å². The molecule has 6 nitrogen and oxygen atoms in total. The number of likely N-dealkylation sites (N-methyl/N-ethyl adjacent to an activating group) is 1. The van der Waals surface area contributed by atoms with E-state index in [0.29, 0.717) is 24.0 Å². The Labute approximate surface area is 200 Å². The van der Waals surface area contributed by atoms with E-state index in [1.165, 1.54) is 45.1 Å². The van der Waals surface area contributed by atoms with Crippen molar-refractivity contribution >= 4 is 33.4 Å². The Hall–Kier alpha value is -0.440. The van der Waals surface area contributed by atoms with Gasteiger partial charge in [-0.3, -0.25) is 9.59 Å². The van der Waals surface area contributed by atoms with Gasteiger partial charge < -0.3 is 19.6 Å². The quantitative estimate of drug-likeness (QED) is 0.160. The van der Waals surface area contributed by atoms with Gasteiger partial charge in [-0.1, -0.05) is 53.7 Å².